The molecule has 0 fully saturated rings. The van der Waals surface area contributed by atoms with Crippen LogP contribution in [0.3, 0.4) is 0 Å². The first kappa shape index (κ1) is 12.8. The number of aryl methyl sites for hydroxylation is 1. The van der Waals surface area contributed by atoms with Crippen LogP contribution in [0, 0.1) is 12.3 Å². The van der Waals surface area contributed by atoms with Gasteiger partial charge in [0.2, 0.25) is 9.84 Å². The summed E-state index contributed by atoms with van der Waals surface area (Å²) in [6.45, 7) is 4.73. The summed E-state index contributed by atoms with van der Waals surface area (Å²) in [6, 6.07) is 5.10. The molecule has 0 aliphatic carbocycles. The van der Waals surface area contributed by atoms with Crippen LogP contribution in [0.5, 0.6) is 0 Å². The van der Waals surface area contributed by atoms with E-state index in [1.54, 1.807) is 25.1 Å². The van der Waals surface area contributed by atoms with E-state index in [4.69, 9.17) is 0 Å². The van der Waals surface area contributed by atoms with Gasteiger partial charge in [-0.2, -0.15) is 0 Å². The predicted octanol–water partition coefficient (Wildman–Crippen LogP) is 2.23. The van der Waals surface area contributed by atoms with Gasteiger partial charge >= 0.3 is 5.97 Å². The molecular formula is C13H14O4S. The van der Waals surface area contributed by atoms with E-state index in [1.807, 2.05) is 0 Å². The van der Waals surface area contributed by atoms with Crippen LogP contribution in [0.1, 0.15) is 25.0 Å². The zero-order valence-electron chi connectivity index (χ0n) is 10.4. The van der Waals surface area contributed by atoms with E-state index in [1.165, 1.54) is 13.8 Å². The molecule has 0 saturated carbocycles. The summed E-state index contributed by atoms with van der Waals surface area (Å²) in [6.07, 6.45) is 0. The average molecular weight is 266 g/mol. The minimum Gasteiger partial charge on any atom is -0.481 e. The molecule has 1 aromatic rings. The Morgan fingerprint density at radius 2 is 1.89 bits per heavy atom. The Labute approximate surface area is 106 Å². The number of benzene rings is 1. The van der Waals surface area contributed by atoms with Crippen LogP contribution >= 0.6 is 0 Å². The smallest absolute Gasteiger partial charge is 0.313 e. The Hall–Kier alpha value is -1.62. The first-order valence-electron chi connectivity index (χ1n) is 5.48. The van der Waals surface area contributed by atoms with Gasteiger partial charge in [0.25, 0.3) is 0 Å². The molecule has 0 atom stereocenters. The molecule has 5 heteroatoms. The molecule has 0 bridgehead atoms. The van der Waals surface area contributed by atoms with Crippen LogP contribution in [-0.2, 0) is 14.6 Å². The van der Waals surface area contributed by atoms with Crippen LogP contribution in [0.2, 0.25) is 0 Å². The van der Waals surface area contributed by atoms with Crippen molar-refractivity contribution in [3.05, 3.63) is 34.7 Å². The molecule has 18 heavy (non-hydrogen) atoms. The fraction of sp³-hybridized carbons (Fsp3) is 0.308. The molecule has 96 valence electrons. The molecule has 1 aliphatic heterocycles. The van der Waals surface area contributed by atoms with E-state index < -0.39 is 21.2 Å². The van der Waals surface area contributed by atoms with Crippen LogP contribution < -0.4 is 0 Å². The summed E-state index contributed by atoms with van der Waals surface area (Å²) in [5.41, 5.74) is 0.252. The van der Waals surface area contributed by atoms with Gasteiger partial charge in [-0.1, -0.05) is 18.2 Å². The van der Waals surface area contributed by atoms with E-state index in [-0.39, 0.29) is 4.90 Å². The molecule has 1 N–H and O–H groups in total. The number of rotatable bonds is 2. The maximum atomic E-state index is 12.1. The third-order valence-electron chi connectivity index (χ3n) is 3.27. The van der Waals surface area contributed by atoms with E-state index in [0.29, 0.717) is 16.7 Å². The first-order valence-corrected chi connectivity index (χ1v) is 7.03. The Balaban J connectivity index is 2.78. The number of hydrogen-bond donors (Lipinski definition) is 1. The van der Waals surface area contributed by atoms with Crippen LogP contribution in [0.25, 0.3) is 5.57 Å². The van der Waals surface area contributed by atoms with Crippen molar-refractivity contribution in [1.82, 2.24) is 0 Å². The Morgan fingerprint density at radius 3 is 2.44 bits per heavy atom. The predicted molar refractivity (Wildman–Crippen MR) is 67.8 cm³/mol. The maximum Gasteiger partial charge on any atom is 0.313 e. The van der Waals surface area contributed by atoms with Crippen molar-refractivity contribution in [3.63, 3.8) is 0 Å². The molecule has 0 saturated heterocycles. The maximum absolute atomic E-state index is 12.1. The number of carboxylic acid groups (broad SMARTS) is 1. The fourth-order valence-electron chi connectivity index (χ4n) is 2.12. The van der Waals surface area contributed by atoms with Gasteiger partial charge in [0, 0.05) is 5.41 Å². The van der Waals surface area contributed by atoms with Crippen molar-refractivity contribution in [2.24, 2.45) is 5.41 Å². The molecule has 1 aliphatic rings. The largest absolute Gasteiger partial charge is 0.481 e. The summed E-state index contributed by atoms with van der Waals surface area (Å²) in [4.78, 5) is 11.5. The van der Waals surface area contributed by atoms with E-state index >= 15 is 0 Å². The lowest BCUT2D eigenvalue weighted by Gasteiger charge is -2.21. The van der Waals surface area contributed by atoms with Crippen molar-refractivity contribution in [3.8, 4) is 0 Å². The average Bonchev–Trinajstić information content (AvgIpc) is 2.52. The standard InChI is InChI=1S/C13H14O4S/c1-8-5-4-6-9-10(13(2,3)12(14)15)7-18(16,17)11(8)9/h4-7H,1-3H3,(H,14,15). The molecule has 0 radical (unpaired) electrons. The first-order chi connectivity index (χ1) is 8.18. The summed E-state index contributed by atoms with van der Waals surface area (Å²) >= 11 is 0. The van der Waals surface area contributed by atoms with E-state index in [2.05, 4.69) is 0 Å². The summed E-state index contributed by atoms with van der Waals surface area (Å²) in [5, 5.41) is 10.3. The highest BCUT2D eigenvalue weighted by Gasteiger charge is 2.40. The molecule has 0 aromatic heterocycles. The van der Waals surface area contributed by atoms with Crippen molar-refractivity contribution in [2.75, 3.05) is 0 Å². The van der Waals surface area contributed by atoms with Crippen LogP contribution in [0.4, 0.5) is 0 Å². The number of sulfone groups is 1. The monoisotopic (exact) mass is 266 g/mol. The third kappa shape index (κ3) is 1.66. The van der Waals surface area contributed by atoms with Gasteiger partial charge < -0.3 is 5.11 Å². The van der Waals surface area contributed by atoms with Crippen molar-refractivity contribution >= 4 is 21.4 Å². The number of aliphatic carboxylic acids is 1. The topological polar surface area (TPSA) is 71.4 Å². The van der Waals surface area contributed by atoms with Gasteiger partial charge in [0.1, 0.15) is 0 Å². The Bertz CT molecular complexity index is 666. The third-order valence-corrected chi connectivity index (χ3v) is 4.92. The highest BCUT2D eigenvalue weighted by molar-refractivity contribution is 7.95. The Morgan fingerprint density at radius 1 is 1.28 bits per heavy atom. The lowest BCUT2D eigenvalue weighted by atomic mass is 9.81. The number of carboxylic acids is 1. The van der Waals surface area contributed by atoms with Crippen LogP contribution in [0.15, 0.2) is 28.5 Å². The fourth-order valence-corrected chi connectivity index (χ4v) is 3.97. The van der Waals surface area contributed by atoms with Gasteiger partial charge in [-0.3, -0.25) is 4.79 Å². The number of carbonyl (C=O) groups is 1. The number of fused-ring (bicyclic) bond motifs is 1. The number of hydrogen-bond acceptors (Lipinski definition) is 3. The molecular weight excluding hydrogens is 252 g/mol. The van der Waals surface area contributed by atoms with E-state index in [9.17, 15) is 18.3 Å². The van der Waals surface area contributed by atoms with Gasteiger partial charge in [0.15, 0.2) is 0 Å². The quantitative estimate of drug-likeness (QED) is 0.891. The molecule has 1 heterocycles. The SMILES string of the molecule is Cc1cccc2c1S(=O)(=O)C=C2C(C)(C)C(=O)O. The molecule has 4 nitrogen and oxygen atoms in total. The Kier molecular flexibility index (Phi) is 2.63. The second-order valence-electron chi connectivity index (χ2n) is 4.96. The zero-order valence-corrected chi connectivity index (χ0v) is 11.2. The normalized spacial score (nSPS) is 17.2. The summed E-state index contributed by atoms with van der Waals surface area (Å²) in [7, 11) is -3.53. The van der Waals surface area contributed by atoms with Gasteiger partial charge in [-0.25, -0.2) is 8.42 Å². The zero-order chi connectivity index (χ0) is 13.7. The van der Waals surface area contributed by atoms with Crippen molar-refractivity contribution in [2.45, 2.75) is 25.7 Å². The molecule has 2 rings (SSSR count). The van der Waals surface area contributed by atoms with Crippen molar-refractivity contribution in [1.29, 1.82) is 0 Å². The van der Waals surface area contributed by atoms with Gasteiger partial charge in [0.05, 0.1) is 10.3 Å². The lowest BCUT2D eigenvalue weighted by molar-refractivity contribution is -0.143. The highest BCUT2D eigenvalue weighted by atomic mass is 32.2. The van der Waals surface area contributed by atoms with E-state index in [0.717, 1.165) is 5.41 Å². The summed E-state index contributed by atoms with van der Waals surface area (Å²) < 4.78 is 24.2. The molecule has 0 spiro atoms. The second kappa shape index (κ2) is 3.68. The van der Waals surface area contributed by atoms with Gasteiger partial charge in [-0.15, -0.1) is 0 Å². The second-order valence-corrected chi connectivity index (χ2v) is 6.69. The van der Waals surface area contributed by atoms with Crippen molar-refractivity contribution < 1.29 is 18.3 Å². The molecule has 0 amide bonds. The van der Waals surface area contributed by atoms with Crippen LogP contribution in [-0.4, -0.2) is 19.5 Å². The minimum absolute atomic E-state index is 0.231. The highest BCUT2D eigenvalue weighted by Crippen LogP contribution is 2.44. The summed E-state index contributed by atoms with van der Waals surface area (Å²) in [5.74, 6) is -1.04. The molecule has 1 aromatic carbocycles. The lowest BCUT2D eigenvalue weighted by Crippen LogP contribution is -2.24. The van der Waals surface area contributed by atoms with Gasteiger partial charge in [-0.05, 0) is 37.5 Å². The minimum atomic E-state index is -3.53. The molecule has 0 unspecified atom stereocenters.